The summed E-state index contributed by atoms with van der Waals surface area (Å²) in [4.78, 5) is 39.4. The number of likely N-dealkylation sites (tertiary alicyclic amines) is 1. The number of carbonyl (C=O) groups excluding carboxylic acids is 2. The van der Waals surface area contributed by atoms with Gasteiger partial charge in [0.25, 0.3) is 0 Å². The zero-order valence-corrected chi connectivity index (χ0v) is 33.9. The summed E-state index contributed by atoms with van der Waals surface area (Å²) in [6, 6.07) is 20.3. The molecule has 2 saturated heterocycles. The van der Waals surface area contributed by atoms with Gasteiger partial charge in [0.05, 0.1) is 33.9 Å². The van der Waals surface area contributed by atoms with Crippen molar-refractivity contribution >= 4 is 50.5 Å². The third-order valence-corrected chi connectivity index (χ3v) is 14.2. The maximum atomic E-state index is 14.3. The van der Waals surface area contributed by atoms with Gasteiger partial charge in [0.15, 0.2) is 11.6 Å². The summed E-state index contributed by atoms with van der Waals surface area (Å²) in [7, 11) is 0. The number of para-hydroxylation sites is 1. The van der Waals surface area contributed by atoms with E-state index in [1.54, 1.807) is 34.8 Å². The number of nitrogens with zero attached hydrogens (tertiary/aromatic N) is 6. The fourth-order valence-corrected chi connectivity index (χ4v) is 10.8. The van der Waals surface area contributed by atoms with E-state index in [1.807, 2.05) is 81.7 Å². The van der Waals surface area contributed by atoms with Gasteiger partial charge in [-0.2, -0.15) is 0 Å². The molecular formula is C43H45N7O5S2. The number of aryl methyl sites for hydroxylation is 1. The number of amides is 2. The van der Waals surface area contributed by atoms with Gasteiger partial charge in [0.1, 0.15) is 22.5 Å². The molecule has 4 aromatic heterocycles. The van der Waals surface area contributed by atoms with Gasteiger partial charge in [0.2, 0.25) is 11.8 Å². The van der Waals surface area contributed by atoms with Gasteiger partial charge >= 0.3 is 0 Å². The van der Waals surface area contributed by atoms with Gasteiger partial charge in [-0.3, -0.25) is 9.59 Å². The van der Waals surface area contributed by atoms with Crippen LogP contribution in [0.3, 0.4) is 0 Å². The summed E-state index contributed by atoms with van der Waals surface area (Å²) in [5, 5.41) is 38.4. The average molecular weight is 804 g/mol. The molecule has 0 bridgehead atoms. The van der Waals surface area contributed by atoms with Crippen molar-refractivity contribution in [2.75, 3.05) is 24.5 Å². The van der Waals surface area contributed by atoms with Gasteiger partial charge in [-0.05, 0) is 73.9 Å². The van der Waals surface area contributed by atoms with E-state index in [0.29, 0.717) is 28.8 Å². The molecule has 57 heavy (non-hydrogen) atoms. The number of aromatic nitrogens is 4. The molecule has 3 fully saturated rings. The van der Waals surface area contributed by atoms with Gasteiger partial charge in [-0.25, -0.2) is 4.98 Å². The predicted octanol–water partition coefficient (Wildman–Crippen LogP) is 7.45. The largest absolute Gasteiger partial charge is 0.507 e. The van der Waals surface area contributed by atoms with Crippen LogP contribution in [-0.4, -0.2) is 79.0 Å². The van der Waals surface area contributed by atoms with E-state index in [1.165, 1.54) is 9.78 Å². The van der Waals surface area contributed by atoms with Crippen molar-refractivity contribution in [3.63, 3.8) is 0 Å². The third kappa shape index (κ3) is 6.97. The van der Waals surface area contributed by atoms with E-state index in [9.17, 15) is 19.8 Å². The highest BCUT2D eigenvalue weighted by Crippen LogP contribution is 2.58. The molecule has 3 aliphatic rings. The smallest absolute Gasteiger partial charge is 0.243 e. The molecule has 9 rings (SSSR count). The minimum Gasteiger partial charge on any atom is -0.507 e. The van der Waals surface area contributed by atoms with E-state index >= 15 is 0 Å². The fraction of sp³-hybridized carbons (Fsp3) is 0.395. The monoisotopic (exact) mass is 803 g/mol. The van der Waals surface area contributed by atoms with Gasteiger partial charge in [-0.15, -0.1) is 32.9 Å². The van der Waals surface area contributed by atoms with Crippen molar-refractivity contribution in [3.05, 3.63) is 94.1 Å². The number of benzene rings is 2. The Morgan fingerprint density at radius 1 is 1.02 bits per heavy atom. The zero-order chi connectivity index (χ0) is 39.6. The first-order chi connectivity index (χ1) is 27.4. The maximum Gasteiger partial charge on any atom is 0.243 e. The Morgan fingerprint density at radius 2 is 1.79 bits per heavy atom. The second kappa shape index (κ2) is 14.6. The van der Waals surface area contributed by atoms with Crippen molar-refractivity contribution in [2.24, 2.45) is 11.3 Å². The minimum absolute atomic E-state index is 0.0817. The number of hydrogen-bond donors (Lipinski definition) is 3. The lowest BCUT2D eigenvalue weighted by atomic mass is 9.57. The molecule has 2 aliphatic heterocycles. The number of carbonyl (C=O) groups is 2. The Hall–Kier alpha value is -5.18. The fourth-order valence-electron chi connectivity index (χ4n) is 8.96. The van der Waals surface area contributed by atoms with Crippen LogP contribution in [0.15, 0.2) is 76.8 Å². The lowest BCUT2D eigenvalue weighted by Crippen LogP contribution is -2.61. The highest BCUT2D eigenvalue weighted by atomic mass is 32.1. The second-order valence-corrected chi connectivity index (χ2v) is 18.4. The van der Waals surface area contributed by atoms with Crippen LogP contribution in [0.1, 0.15) is 79.8 Å². The summed E-state index contributed by atoms with van der Waals surface area (Å²) >= 11 is 3.29. The van der Waals surface area contributed by atoms with E-state index in [4.69, 9.17) is 4.52 Å². The molecule has 1 saturated carbocycles. The van der Waals surface area contributed by atoms with Crippen LogP contribution < -0.4 is 10.2 Å². The lowest BCUT2D eigenvalue weighted by molar-refractivity contribution is -0.141. The number of aliphatic hydroxyl groups is 1. The SMILES string of the molecule is Cc1ncsc1-c1ccc([C@H](C)NC(=O)[C@@H]2C[C@@H](O)CN2C(=O)[C@@H](c2cc(N3CC4(CC(c5cc6cc(-c7ccccc7O)nnc6s5)C4)C3)no2)C(C)C)cc1. The number of nitrogens with one attached hydrogen (secondary N) is 1. The van der Waals surface area contributed by atoms with Crippen molar-refractivity contribution in [1.29, 1.82) is 0 Å². The van der Waals surface area contributed by atoms with E-state index in [0.717, 1.165) is 57.8 Å². The van der Waals surface area contributed by atoms with Crippen molar-refractivity contribution in [1.82, 2.24) is 30.6 Å². The molecular weight excluding hydrogens is 759 g/mol. The summed E-state index contributed by atoms with van der Waals surface area (Å²) in [5.41, 5.74) is 6.39. The average Bonchev–Trinajstić information content (AvgIpc) is 3.97. The van der Waals surface area contributed by atoms with E-state index < -0.39 is 18.1 Å². The number of phenolic OH excluding ortho intramolecular Hbond substituents is 1. The van der Waals surface area contributed by atoms with Crippen LogP contribution in [0.25, 0.3) is 31.9 Å². The number of fused-ring (bicyclic) bond motifs is 1. The van der Waals surface area contributed by atoms with Crippen molar-refractivity contribution < 1.29 is 24.3 Å². The first-order valence-corrected chi connectivity index (χ1v) is 21.2. The number of rotatable bonds is 10. The molecule has 0 unspecified atom stereocenters. The highest BCUT2D eigenvalue weighted by Gasteiger charge is 2.54. The molecule has 6 aromatic rings. The quantitative estimate of drug-likeness (QED) is 0.127. The van der Waals surface area contributed by atoms with Gasteiger partial charge in [0, 0.05) is 53.4 Å². The van der Waals surface area contributed by atoms with Crippen LogP contribution in [0.4, 0.5) is 5.82 Å². The first-order valence-electron chi connectivity index (χ1n) is 19.5. The topological polar surface area (TPSA) is 158 Å². The van der Waals surface area contributed by atoms with Crippen molar-refractivity contribution in [3.8, 4) is 27.4 Å². The molecule has 3 N–H and O–H groups in total. The Labute approximate surface area is 338 Å². The molecule has 14 heteroatoms. The Morgan fingerprint density at radius 3 is 2.51 bits per heavy atom. The van der Waals surface area contributed by atoms with Crippen LogP contribution in [0.5, 0.6) is 5.75 Å². The molecule has 2 aromatic carbocycles. The molecule has 294 valence electrons. The van der Waals surface area contributed by atoms with Crippen LogP contribution in [-0.2, 0) is 9.59 Å². The third-order valence-electron chi connectivity index (χ3n) is 12.0. The molecule has 6 heterocycles. The molecule has 4 atom stereocenters. The summed E-state index contributed by atoms with van der Waals surface area (Å²) in [5.74, 6) is 0.510. The Balaban J connectivity index is 0.821. The highest BCUT2D eigenvalue weighted by molar-refractivity contribution is 7.18. The second-order valence-electron chi connectivity index (χ2n) is 16.4. The molecule has 1 spiro atoms. The number of phenols is 1. The minimum atomic E-state index is -0.801. The number of aliphatic hydroxyl groups excluding tert-OH is 1. The molecule has 0 radical (unpaired) electrons. The van der Waals surface area contributed by atoms with E-state index in [2.05, 4.69) is 36.6 Å². The van der Waals surface area contributed by atoms with Gasteiger partial charge in [-0.1, -0.05) is 55.4 Å². The number of thiophene rings is 1. The summed E-state index contributed by atoms with van der Waals surface area (Å²) < 4.78 is 5.87. The Kier molecular flexibility index (Phi) is 9.61. The predicted molar refractivity (Wildman–Crippen MR) is 220 cm³/mol. The lowest BCUT2D eigenvalue weighted by Gasteiger charge is -2.59. The van der Waals surface area contributed by atoms with E-state index in [-0.39, 0.29) is 47.9 Å². The van der Waals surface area contributed by atoms with Crippen LogP contribution >= 0.6 is 22.7 Å². The maximum absolute atomic E-state index is 14.3. The normalized spacial score (nSPS) is 20.2. The summed E-state index contributed by atoms with van der Waals surface area (Å²) in [6.45, 7) is 9.65. The number of anilines is 1. The number of thiazole rings is 1. The zero-order valence-electron chi connectivity index (χ0n) is 32.3. The molecule has 2 amide bonds. The number of hydrogen-bond acceptors (Lipinski definition) is 12. The summed E-state index contributed by atoms with van der Waals surface area (Å²) in [6.07, 6.45) is 1.52. The Bertz CT molecular complexity index is 2440. The number of aromatic hydroxyl groups is 1. The first kappa shape index (κ1) is 37.4. The number of β-amino-alcohol motifs (C(OH)–C–C–N with tert-alkyl or cyclic N) is 1. The van der Waals surface area contributed by atoms with Crippen LogP contribution in [0.2, 0.25) is 0 Å². The van der Waals surface area contributed by atoms with Crippen molar-refractivity contribution in [2.45, 2.75) is 77.0 Å². The molecule has 1 aliphatic carbocycles. The molecule has 12 nitrogen and oxygen atoms in total. The van der Waals surface area contributed by atoms with Gasteiger partial charge < -0.3 is 29.9 Å². The standard InChI is InChI=1S/C43H45N7O5S2/c1-23(2)38(42(54)50-19-30(51)15-33(50)40(53)45-24(3)26-9-11-27(12-10-26)39-25(4)44-22-56-39)35-16-37(48-55-35)49-20-43(21-49)17-29(18-43)36-14-28-13-32(46-47-41(28)57-36)31-7-5-6-8-34(31)52/h5-14,16,22-24,29-30,33,38,51-52H,15,17-21H2,1-4H3,(H,45,53)/t24-,30+,33-,38+/m0/s1. The van der Waals surface area contributed by atoms with Crippen LogP contribution in [0, 0.1) is 18.3 Å².